The summed E-state index contributed by atoms with van der Waals surface area (Å²) in [5.41, 5.74) is 14.3. The highest BCUT2D eigenvalue weighted by Gasteiger charge is 2.24. The van der Waals surface area contributed by atoms with E-state index >= 15 is 0 Å². The van der Waals surface area contributed by atoms with E-state index in [2.05, 4.69) is 46.9 Å². The van der Waals surface area contributed by atoms with Crippen molar-refractivity contribution >= 4 is 117 Å². The monoisotopic (exact) mass is 967 g/mol. The SMILES string of the molecule is Cc1ccc(S(=O)(=O)Nc2nc3ccccc3nc2Cc2ccc3nsnc3c2)c(F)c1.Cc1ccc(S(=O)(=O)Nc2nc3ccccc3nc2Cl)c(F)c1.Nc1ccc2nsnc2c1. The molecule has 0 atom stereocenters. The first-order valence-electron chi connectivity index (χ1n) is 19.1. The molecule has 0 saturated heterocycles. The molecule has 0 bridgehead atoms. The Morgan fingerprint density at radius 2 is 1.00 bits per heavy atom. The number of nitrogen functional groups attached to an aromatic ring is 1. The molecular formula is C43H32ClF2N11O4S4. The molecule has 10 rings (SSSR count). The standard InChI is InChI=1S/C22H16FN5O2S2.C15H11ClFN3O2S.C6H5N3S/c1-13-6-9-21(15(23)10-13)32(29,30)28-22-20(24-16-4-2-3-5-17(16)25-22)12-14-7-8-18-19(11-14)27-31-26-18;1-9-6-7-13(10(17)8-9)23(21,22)20-15-14(16)18-11-4-2-3-5-12(11)19-15;7-4-1-2-5-6(3-4)9-10-8-5/h2-11H,12H2,1H3,(H,25,28);2-8H,1H3,(H,19,20);1-3H,7H2. The highest BCUT2D eigenvalue weighted by molar-refractivity contribution is 7.93. The van der Waals surface area contributed by atoms with Gasteiger partial charge in [0, 0.05) is 12.1 Å². The highest BCUT2D eigenvalue weighted by Crippen LogP contribution is 2.27. The summed E-state index contributed by atoms with van der Waals surface area (Å²) in [5.74, 6) is -1.76. The van der Waals surface area contributed by atoms with Crippen LogP contribution in [0.1, 0.15) is 22.4 Å². The zero-order valence-corrected chi connectivity index (χ0v) is 37.8. The number of fused-ring (bicyclic) bond motifs is 4. The Hall–Kier alpha value is -6.91. The van der Waals surface area contributed by atoms with E-state index in [1.54, 1.807) is 62.4 Å². The maximum atomic E-state index is 14.4. The van der Waals surface area contributed by atoms with Gasteiger partial charge in [-0.1, -0.05) is 54.1 Å². The molecule has 328 valence electrons. The van der Waals surface area contributed by atoms with Crippen molar-refractivity contribution in [2.45, 2.75) is 30.1 Å². The second kappa shape index (κ2) is 18.7. The van der Waals surface area contributed by atoms with Crippen molar-refractivity contribution < 1.29 is 25.6 Å². The Morgan fingerprint density at radius 3 is 1.55 bits per heavy atom. The van der Waals surface area contributed by atoms with E-state index in [-0.39, 0.29) is 16.8 Å². The van der Waals surface area contributed by atoms with E-state index in [4.69, 9.17) is 17.3 Å². The van der Waals surface area contributed by atoms with Gasteiger partial charge in [0.05, 0.1) is 51.2 Å². The summed E-state index contributed by atoms with van der Waals surface area (Å²) < 4.78 is 100. The van der Waals surface area contributed by atoms with Gasteiger partial charge in [-0.05, 0) is 109 Å². The first-order chi connectivity index (χ1) is 31.1. The number of nitrogens with one attached hydrogen (secondary N) is 2. The lowest BCUT2D eigenvalue weighted by atomic mass is 10.1. The van der Waals surface area contributed by atoms with Crippen molar-refractivity contribution in [3.8, 4) is 0 Å². The molecule has 4 aromatic heterocycles. The van der Waals surface area contributed by atoms with Crippen LogP contribution < -0.4 is 15.2 Å². The Bertz CT molecular complexity index is 3640. The minimum absolute atomic E-state index is 0.0557. The van der Waals surface area contributed by atoms with Crippen molar-refractivity contribution in [2.24, 2.45) is 0 Å². The smallest absolute Gasteiger partial charge is 0.266 e. The van der Waals surface area contributed by atoms with Crippen LogP contribution in [0.15, 0.2) is 131 Å². The number of aryl methyl sites for hydroxylation is 2. The van der Waals surface area contributed by atoms with Crippen LogP contribution in [0.25, 0.3) is 44.1 Å². The minimum Gasteiger partial charge on any atom is -0.399 e. The number of sulfonamides is 2. The summed E-state index contributed by atoms with van der Waals surface area (Å²) in [6.07, 6.45) is 0.305. The van der Waals surface area contributed by atoms with Crippen LogP contribution >= 0.6 is 35.1 Å². The molecule has 4 N–H and O–H groups in total. The lowest BCUT2D eigenvalue weighted by Crippen LogP contribution is -2.18. The average molecular weight is 969 g/mol. The molecule has 0 spiro atoms. The van der Waals surface area contributed by atoms with E-state index in [1.165, 1.54) is 36.0 Å². The molecule has 4 heterocycles. The van der Waals surface area contributed by atoms with Crippen LogP contribution in [-0.4, -0.2) is 54.3 Å². The molecule has 15 nitrogen and oxygen atoms in total. The van der Waals surface area contributed by atoms with Gasteiger partial charge in [0.1, 0.15) is 43.5 Å². The Morgan fingerprint density at radius 1 is 0.538 bits per heavy atom. The topological polar surface area (TPSA) is 221 Å². The predicted octanol–water partition coefficient (Wildman–Crippen LogP) is 9.28. The van der Waals surface area contributed by atoms with Gasteiger partial charge in [0.2, 0.25) is 0 Å². The molecule has 0 aliphatic rings. The largest absolute Gasteiger partial charge is 0.399 e. The van der Waals surface area contributed by atoms with E-state index in [1.807, 2.05) is 42.5 Å². The first kappa shape index (κ1) is 44.7. The molecule has 0 saturated carbocycles. The molecule has 22 heteroatoms. The quantitative estimate of drug-likeness (QED) is 0.121. The Kier molecular flexibility index (Phi) is 12.8. The summed E-state index contributed by atoms with van der Waals surface area (Å²) in [7, 11) is -8.38. The van der Waals surface area contributed by atoms with Crippen molar-refractivity contribution in [2.75, 3.05) is 15.2 Å². The number of rotatable bonds is 8. The molecule has 0 radical (unpaired) electrons. The fourth-order valence-corrected chi connectivity index (χ4v) is 9.66. The number of benzene rings is 6. The first-order valence-corrected chi connectivity index (χ1v) is 23.9. The third kappa shape index (κ3) is 10.4. The number of halogens is 3. The van der Waals surface area contributed by atoms with Gasteiger partial charge in [-0.2, -0.15) is 17.5 Å². The summed E-state index contributed by atoms with van der Waals surface area (Å²) in [4.78, 5) is 16.4. The zero-order chi connectivity index (χ0) is 45.9. The number of aromatic nitrogens is 8. The minimum atomic E-state index is -4.22. The van der Waals surface area contributed by atoms with E-state index in [0.29, 0.717) is 45.3 Å². The van der Waals surface area contributed by atoms with Crippen LogP contribution in [0.4, 0.5) is 26.1 Å². The van der Waals surface area contributed by atoms with Gasteiger partial charge in [0.15, 0.2) is 16.8 Å². The zero-order valence-electron chi connectivity index (χ0n) is 33.8. The highest BCUT2D eigenvalue weighted by atomic mass is 35.5. The number of anilines is 3. The van der Waals surface area contributed by atoms with Gasteiger partial charge in [-0.3, -0.25) is 9.44 Å². The molecule has 0 fully saturated rings. The third-order valence-electron chi connectivity index (χ3n) is 9.35. The Balaban J connectivity index is 0.000000151. The van der Waals surface area contributed by atoms with Crippen LogP contribution in [0.3, 0.4) is 0 Å². The van der Waals surface area contributed by atoms with Gasteiger partial charge in [-0.25, -0.2) is 45.6 Å². The number of nitrogens with zero attached hydrogens (tertiary/aromatic N) is 8. The number of hydrogen-bond donors (Lipinski definition) is 3. The average Bonchev–Trinajstić information content (AvgIpc) is 3.93. The van der Waals surface area contributed by atoms with Crippen molar-refractivity contribution in [1.82, 2.24) is 37.4 Å². The van der Waals surface area contributed by atoms with Gasteiger partial charge >= 0.3 is 0 Å². The number of para-hydroxylation sites is 4. The number of hydrogen-bond acceptors (Lipinski definition) is 15. The van der Waals surface area contributed by atoms with E-state index in [0.717, 1.165) is 51.1 Å². The number of nitrogens with two attached hydrogens (primary N) is 1. The maximum absolute atomic E-state index is 14.4. The summed E-state index contributed by atoms with van der Waals surface area (Å²) >= 11 is 8.30. The Labute approximate surface area is 383 Å². The molecule has 6 aromatic carbocycles. The van der Waals surface area contributed by atoms with Gasteiger partial charge in [-0.15, -0.1) is 0 Å². The van der Waals surface area contributed by atoms with Gasteiger partial charge < -0.3 is 5.73 Å². The molecule has 0 amide bonds. The fraction of sp³-hybridized carbons (Fsp3) is 0.0698. The van der Waals surface area contributed by atoms with Gasteiger partial charge in [0.25, 0.3) is 20.0 Å². The van der Waals surface area contributed by atoms with E-state index in [9.17, 15) is 25.6 Å². The molecule has 0 aliphatic carbocycles. The van der Waals surface area contributed by atoms with E-state index < -0.39 is 41.5 Å². The van der Waals surface area contributed by atoms with Crippen molar-refractivity contribution in [1.29, 1.82) is 0 Å². The lowest BCUT2D eigenvalue weighted by Gasteiger charge is -2.13. The molecule has 0 aliphatic heterocycles. The van der Waals surface area contributed by atoms with Crippen LogP contribution in [0, 0.1) is 25.5 Å². The van der Waals surface area contributed by atoms with Crippen LogP contribution in [0.5, 0.6) is 0 Å². The second-order valence-electron chi connectivity index (χ2n) is 14.2. The van der Waals surface area contributed by atoms with Crippen molar-refractivity contribution in [3.63, 3.8) is 0 Å². The molecule has 0 unspecified atom stereocenters. The normalized spacial score (nSPS) is 11.5. The third-order valence-corrected chi connectivity index (χ3v) is 13.5. The molecular weight excluding hydrogens is 936 g/mol. The molecule has 65 heavy (non-hydrogen) atoms. The lowest BCUT2D eigenvalue weighted by molar-refractivity contribution is 0.567. The molecule has 10 aromatic rings. The predicted molar refractivity (Wildman–Crippen MR) is 250 cm³/mol. The second-order valence-corrected chi connectivity index (χ2v) is 18.9. The van der Waals surface area contributed by atoms with Crippen LogP contribution in [-0.2, 0) is 26.5 Å². The summed E-state index contributed by atoms with van der Waals surface area (Å²) in [6.45, 7) is 3.35. The summed E-state index contributed by atoms with van der Waals surface area (Å²) in [6, 6.07) is 33.0. The summed E-state index contributed by atoms with van der Waals surface area (Å²) in [5, 5.41) is -0.111. The fourth-order valence-electron chi connectivity index (χ4n) is 6.23. The van der Waals surface area contributed by atoms with Crippen molar-refractivity contribution in [3.05, 3.63) is 160 Å². The maximum Gasteiger partial charge on any atom is 0.266 e. The van der Waals surface area contributed by atoms with Crippen LogP contribution in [0.2, 0.25) is 5.15 Å².